The summed E-state index contributed by atoms with van der Waals surface area (Å²) < 4.78 is 0. The number of unbranched alkanes of at least 4 members (excludes halogenated alkanes) is 1. The molecule has 0 radical (unpaired) electrons. The Hall–Kier alpha value is -1.10. The molecule has 0 aromatic rings. The van der Waals surface area contributed by atoms with Crippen molar-refractivity contribution in [2.24, 2.45) is 17.4 Å². The number of nitrogens with two attached hydrogens (primary N) is 2. The van der Waals surface area contributed by atoms with E-state index in [-0.39, 0.29) is 11.8 Å². The van der Waals surface area contributed by atoms with Crippen LogP contribution in [-0.4, -0.2) is 23.9 Å². The number of hydrogen-bond acceptors (Lipinski definition) is 3. The van der Waals surface area contributed by atoms with E-state index in [4.69, 9.17) is 11.5 Å². The van der Waals surface area contributed by atoms with Crippen LogP contribution in [-0.2, 0) is 9.59 Å². The highest BCUT2D eigenvalue weighted by Crippen LogP contribution is 2.03. The Morgan fingerprint density at radius 2 is 1.88 bits per heavy atom. The van der Waals surface area contributed by atoms with Crippen molar-refractivity contribution < 1.29 is 9.59 Å². The Morgan fingerprint density at radius 3 is 2.25 bits per heavy atom. The van der Waals surface area contributed by atoms with Gasteiger partial charge in [-0.2, -0.15) is 0 Å². The summed E-state index contributed by atoms with van der Waals surface area (Å²) in [6.07, 6.45) is 2.52. The third-order valence-corrected chi connectivity index (χ3v) is 2.48. The van der Waals surface area contributed by atoms with E-state index in [1.54, 1.807) is 0 Å². The van der Waals surface area contributed by atoms with E-state index in [1.165, 1.54) is 0 Å². The molecule has 0 heterocycles. The molecule has 16 heavy (non-hydrogen) atoms. The van der Waals surface area contributed by atoms with Crippen LogP contribution in [0.5, 0.6) is 0 Å². The Kier molecular flexibility index (Phi) is 6.72. The predicted octanol–water partition coefficient (Wildman–Crippen LogP) is 0.130. The topological polar surface area (TPSA) is 98.2 Å². The third-order valence-electron chi connectivity index (χ3n) is 2.48. The van der Waals surface area contributed by atoms with Gasteiger partial charge in [0.25, 0.3) is 0 Å². The first-order chi connectivity index (χ1) is 7.40. The van der Waals surface area contributed by atoms with Crippen LogP contribution in [0.2, 0.25) is 0 Å². The van der Waals surface area contributed by atoms with Crippen molar-refractivity contribution in [3.63, 3.8) is 0 Å². The standard InChI is InChI=1S/C11H23N3O2/c1-4-5-6-8(12)11(16)14-9(7(2)3)10(13)15/h7-9H,4-6,12H2,1-3H3,(H2,13,15)(H,14,16). The molecule has 0 saturated heterocycles. The summed E-state index contributed by atoms with van der Waals surface area (Å²) in [6.45, 7) is 5.69. The van der Waals surface area contributed by atoms with Gasteiger partial charge in [0, 0.05) is 0 Å². The summed E-state index contributed by atoms with van der Waals surface area (Å²) in [4.78, 5) is 22.7. The highest BCUT2D eigenvalue weighted by atomic mass is 16.2. The number of hydrogen-bond donors (Lipinski definition) is 3. The van der Waals surface area contributed by atoms with Crippen molar-refractivity contribution in [1.82, 2.24) is 5.32 Å². The van der Waals surface area contributed by atoms with Gasteiger partial charge in [0.1, 0.15) is 6.04 Å². The van der Waals surface area contributed by atoms with Crippen LogP contribution in [0.1, 0.15) is 40.0 Å². The largest absolute Gasteiger partial charge is 0.368 e. The second-order valence-corrected chi connectivity index (χ2v) is 4.38. The molecule has 0 bridgehead atoms. The maximum atomic E-state index is 11.6. The zero-order valence-electron chi connectivity index (χ0n) is 10.3. The molecule has 2 amide bonds. The monoisotopic (exact) mass is 229 g/mol. The summed E-state index contributed by atoms with van der Waals surface area (Å²) >= 11 is 0. The Bertz CT molecular complexity index is 241. The smallest absolute Gasteiger partial charge is 0.240 e. The number of carbonyl (C=O) groups is 2. The van der Waals surface area contributed by atoms with Gasteiger partial charge in [0.2, 0.25) is 11.8 Å². The molecule has 0 aliphatic heterocycles. The molecule has 5 nitrogen and oxygen atoms in total. The molecule has 2 atom stereocenters. The minimum absolute atomic E-state index is 0.0279. The fourth-order valence-corrected chi connectivity index (χ4v) is 1.38. The van der Waals surface area contributed by atoms with Gasteiger partial charge in [-0.05, 0) is 12.3 Å². The van der Waals surface area contributed by atoms with Crippen LogP contribution in [0.25, 0.3) is 0 Å². The lowest BCUT2D eigenvalue weighted by Gasteiger charge is -2.21. The molecule has 94 valence electrons. The Balaban J connectivity index is 4.24. The molecule has 0 spiro atoms. The van der Waals surface area contributed by atoms with E-state index in [2.05, 4.69) is 5.32 Å². The molecule has 0 aliphatic rings. The van der Waals surface area contributed by atoms with Gasteiger partial charge in [-0.25, -0.2) is 0 Å². The van der Waals surface area contributed by atoms with Gasteiger partial charge >= 0.3 is 0 Å². The molecule has 0 aliphatic carbocycles. The van der Waals surface area contributed by atoms with Crippen LogP contribution in [0.3, 0.4) is 0 Å². The normalized spacial score (nSPS) is 14.6. The SMILES string of the molecule is CCCCC(N)C(=O)NC(C(N)=O)C(C)C. The van der Waals surface area contributed by atoms with E-state index >= 15 is 0 Å². The number of primary amides is 1. The molecule has 5 heteroatoms. The molecule has 2 unspecified atom stereocenters. The zero-order valence-corrected chi connectivity index (χ0v) is 10.3. The first-order valence-electron chi connectivity index (χ1n) is 5.75. The summed E-state index contributed by atoms with van der Waals surface area (Å²) in [5.41, 5.74) is 10.9. The van der Waals surface area contributed by atoms with Gasteiger partial charge < -0.3 is 16.8 Å². The first kappa shape index (κ1) is 14.9. The van der Waals surface area contributed by atoms with Crippen molar-refractivity contribution >= 4 is 11.8 Å². The molecule has 0 aromatic heterocycles. The van der Waals surface area contributed by atoms with E-state index in [0.717, 1.165) is 12.8 Å². The van der Waals surface area contributed by atoms with Crippen molar-refractivity contribution in [2.45, 2.75) is 52.1 Å². The maximum Gasteiger partial charge on any atom is 0.240 e. The van der Waals surface area contributed by atoms with Gasteiger partial charge in [0.05, 0.1) is 6.04 Å². The lowest BCUT2D eigenvalue weighted by Crippen LogP contribution is -2.52. The van der Waals surface area contributed by atoms with Crippen molar-refractivity contribution in [3.05, 3.63) is 0 Å². The lowest BCUT2D eigenvalue weighted by atomic mass is 10.0. The van der Waals surface area contributed by atoms with Gasteiger partial charge in [-0.1, -0.05) is 33.6 Å². The molecule has 0 saturated carbocycles. The average molecular weight is 229 g/mol. The second kappa shape index (κ2) is 7.22. The summed E-state index contributed by atoms with van der Waals surface area (Å²) in [5, 5.41) is 2.59. The Morgan fingerprint density at radius 1 is 1.31 bits per heavy atom. The van der Waals surface area contributed by atoms with Gasteiger partial charge in [-0.3, -0.25) is 9.59 Å². The quantitative estimate of drug-likeness (QED) is 0.578. The molecule has 0 rings (SSSR count). The maximum absolute atomic E-state index is 11.6. The fraction of sp³-hybridized carbons (Fsp3) is 0.818. The highest BCUT2D eigenvalue weighted by molar-refractivity contribution is 5.89. The molecule has 0 aromatic carbocycles. The van der Waals surface area contributed by atoms with E-state index in [0.29, 0.717) is 6.42 Å². The predicted molar refractivity (Wildman–Crippen MR) is 63.5 cm³/mol. The minimum atomic E-state index is -0.639. The fourth-order valence-electron chi connectivity index (χ4n) is 1.38. The van der Waals surface area contributed by atoms with Crippen molar-refractivity contribution in [3.8, 4) is 0 Å². The lowest BCUT2D eigenvalue weighted by molar-refractivity contribution is -0.129. The van der Waals surface area contributed by atoms with Gasteiger partial charge in [0.15, 0.2) is 0 Å². The van der Waals surface area contributed by atoms with Crippen LogP contribution >= 0.6 is 0 Å². The molecule has 5 N–H and O–H groups in total. The average Bonchev–Trinajstić information content (AvgIpc) is 2.20. The number of nitrogens with one attached hydrogen (secondary N) is 1. The number of amides is 2. The first-order valence-corrected chi connectivity index (χ1v) is 5.75. The summed E-state index contributed by atoms with van der Waals surface area (Å²) in [5.74, 6) is -0.850. The van der Waals surface area contributed by atoms with E-state index in [1.807, 2.05) is 20.8 Å². The molecular weight excluding hydrogens is 206 g/mol. The van der Waals surface area contributed by atoms with Gasteiger partial charge in [-0.15, -0.1) is 0 Å². The second-order valence-electron chi connectivity index (χ2n) is 4.38. The van der Waals surface area contributed by atoms with Crippen LogP contribution in [0.15, 0.2) is 0 Å². The van der Waals surface area contributed by atoms with E-state index in [9.17, 15) is 9.59 Å². The number of rotatable bonds is 7. The highest BCUT2D eigenvalue weighted by Gasteiger charge is 2.23. The minimum Gasteiger partial charge on any atom is -0.368 e. The molecule has 0 fully saturated rings. The van der Waals surface area contributed by atoms with Crippen LogP contribution < -0.4 is 16.8 Å². The zero-order chi connectivity index (χ0) is 12.7. The Labute approximate surface area is 96.9 Å². The van der Waals surface area contributed by atoms with Crippen LogP contribution in [0.4, 0.5) is 0 Å². The van der Waals surface area contributed by atoms with Crippen molar-refractivity contribution in [1.29, 1.82) is 0 Å². The molecular formula is C11H23N3O2. The van der Waals surface area contributed by atoms with E-state index < -0.39 is 18.0 Å². The van der Waals surface area contributed by atoms with Crippen LogP contribution in [0, 0.1) is 5.92 Å². The summed E-state index contributed by atoms with van der Waals surface area (Å²) in [6, 6.07) is -1.19. The summed E-state index contributed by atoms with van der Waals surface area (Å²) in [7, 11) is 0. The number of carbonyl (C=O) groups excluding carboxylic acids is 2. The third kappa shape index (κ3) is 5.11. The van der Waals surface area contributed by atoms with Crippen molar-refractivity contribution in [2.75, 3.05) is 0 Å².